The third-order valence-electron chi connectivity index (χ3n) is 3.30. The highest BCUT2D eigenvalue weighted by molar-refractivity contribution is 5.89. The number of piperidine rings is 1. The molecule has 4 nitrogen and oxygen atoms in total. The Kier molecular flexibility index (Phi) is 4.74. The summed E-state index contributed by atoms with van der Waals surface area (Å²) in [6.07, 6.45) is 2.11. The first-order valence-corrected chi connectivity index (χ1v) is 6.74. The van der Waals surface area contributed by atoms with Gasteiger partial charge in [-0.3, -0.25) is 0 Å². The number of halogens is 1. The van der Waals surface area contributed by atoms with E-state index in [4.69, 9.17) is 0 Å². The van der Waals surface area contributed by atoms with Crippen LogP contribution in [-0.4, -0.2) is 36.6 Å². The molecule has 1 heterocycles. The van der Waals surface area contributed by atoms with Crippen LogP contribution in [0.2, 0.25) is 0 Å². The Morgan fingerprint density at radius 3 is 2.84 bits per heavy atom. The lowest BCUT2D eigenvalue weighted by molar-refractivity contribution is 0.186. The number of urea groups is 1. The number of likely N-dealkylation sites (N-methyl/N-ethyl adjacent to an activating group) is 1. The monoisotopic (exact) mass is 265 g/mol. The summed E-state index contributed by atoms with van der Waals surface area (Å²) < 4.78 is 12.8. The molecule has 1 aliphatic heterocycles. The van der Waals surface area contributed by atoms with Crippen molar-refractivity contribution in [3.63, 3.8) is 0 Å². The summed E-state index contributed by atoms with van der Waals surface area (Å²) in [6, 6.07) is 6.07. The number of amides is 2. The molecule has 0 aliphatic carbocycles. The van der Waals surface area contributed by atoms with Crippen LogP contribution in [0.25, 0.3) is 0 Å². The molecule has 104 valence electrons. The molecule has 2 N–H and O–H groups in total. The van der Waals surface area contributed by atoms with Crippen LogP contribution >= 0.6 is 0 Å². The normalized spacial score (nSPS) is 19.3. The number of nitrogens with one attached hydrogen (secondary N) is 2. The van der Waals surface area contributed by atoms with Crippen molar-refractivity contribution in [2.45, 2.75) is 25.8 Å². The highest BCUT2D eigenvalue weighted by Gasteiger charge is 2.22. The molecule has 1 aromatic carbocycles. The molecule has 0 spiro atoms. The topological polar surface area (TPSA) is 44.4 Å². The van der Waals surface area contributed by atoms with E-state index in [0.717, 1.165) is 32.5 Å². The molecule has 2 rings (SSSR count). The van der Waals surface area contributed by atoms with Gasteiger partial charge in [-0.2, -0.15) is 0 Å². The SMILES string of the molecule is CCNC1CCCN(C(=O)Nc2ccc(F)cc2)C1. The van der Waals surface area contributed by atoms with Crippen molar-refractivity contribution in [3.8, 4) is 0 Å². The molecule has 0 saturated carbocycles. The van der Waals surface area contributed by atoms with Crippen molar-refractivity contribution in [1.29, 1.82) is 0 Å². The van der Waals surface area contributed by atoms with Gasteiger partial charge >= 0.3 is 6.03 Å². The summed E-state index contributed by atoms with van der Waals surface area (Å²) in [5.41, 5.74) is 0.622. The van der Waals surface area contributed by atoms with Crippen molar-refractivity contribution >= 4 is 11.7 Å². The van der Waals surface area contributed by atoms with Gasteiger partial charge in [-0.05, 0) is 43.7 Å². The maximum Gasteiger partial charge on any atom is 0.321 e. The summed E-state index contributed by atoms with van der Waals surface area (Å²) in [5.74, 6) is -0.303. The fourth-order valence-corrected chi connectivity index (χ4v) is 2.35. The van der Waals surface area contributed by atoms with Gasteiger partial charge in [0.1, 0.15) is 5.82 Å². The van der Waals surface area contributed by atoms with Crippen LogP contribution in [-0.2, 0) is 0 Å². The standard InChI is InChI=1S/C14H20FN3O/c1-2-16-13-4-3-9-18(10-13)14(19)17-12-7-5-11(15)6-8-12/h5-8,13,16H,2-4,9-10H2,1H3,(H,17,19). The van der Waals surface area contributed by atoms with Gasteiger partial charge in [-0.1, -0.05) is 6.92 Å². The first-order valence-electron chi connectivity index (χ1n) is 6.74. The maximum atomic E-state index is 12.8. The molecule has 5 heteroatoms. The largest absolute Gasteiger partial charge is 0.323 e. The molecule has 1 atom stereocenters. The summed E-state index contributed by atoms with van der Waals surface area (Å²) >= 11 is 0. The van der Waals surface area contributed by atoms with Crippen LogP contribution in [0.4, 0.5) is 14.9 Å². The second-order valence-electron chi connectivity index (χ2n) is 4.78. The Morgan fingerprint density at radius 2 is 2.16 bits per heavy atom. The van der Waals surface area contributed by atoms with E-state index in [2.05, 4.69) is 17.6 Å². The predicted octanol–water partition coefficient (Wildman–Crippen LogP) is 2.43. The average molecular weight is 265 g/mol. The highest BCUT2D eigenvalue weighted by Crippen LogP contribution is 2.13. The lowest BCUT2D eigenvalue weighted by atomic mass is 10.1. The van der Waals surface area contributed by atoms with Crippen LogP contribution in [0.3, 0.4) is 0 Å². The van der Waals surface area contributed by atoms with Gasteiger partial charge in [0, 0.05) is 24.8 Å². The molecular formula is C14H20FN3O. The van der Waals surface area contributed by atoms with Crippen molar-refractivity contribution < 1.29 is 9.18 Å². The predicted molar refractivity (Wildman–Crippen MR) is 73.7 cm³/mol. The number of carbonyl (C=O) groups is 1. The Bertz CT molecular complexity index is 419. The van der Waals surface area contributed by atoms with Crippen LogP contribution < -0.4 is 10.6 Å². The van der Waals surface area contributed by atoms with Crippen LogP contribution in [0, 0.1) is 5.82 Å². The lowest BCUT2D eigenvalue weighted by Crippen LogP contribution is -2.49. The van der Waals surface area contributed by atoms with Gasteiger partial charge in [0.05, 0.1) is 0 Å². The van der Waals surface area contributed by atoms with Gasteiger partial charge in [0.25, 0.3) is 0 Å². The first kappa shape index (κ1) is 13.8. The molecule has 0 bridgehead atoms. The number of likely N-dealkylation sites (tertiary alicyclic amines) is 1. The maximum absolute atomic E-state index is 12.8. The van der Waals surface area contributed by atoms with Crippen molar-refractivity contribution in [1.82, 2.24) is 10.2 Å². The third-order valence-corrected chi connectivity index (χ3v) is 3.30. The number of hydrogen-bond acceptors (Lipinski definition) is 2. The molecule has 1 fully saturated rings. The molecule has 19 heavy (non-hydrogen) atoms. The van der Waals surface area contributed by atoms with Crippen molar-refractivity contribution in [2.75, 3.05) is 25.0 Å². The van der Waals surface area contributed by atoms with Gasteiger partial charge in [0.2, 0.25) is 0 Å². The number of rotatable bonds is 3. The van der Waals surface area contributed by atoms with Crippen LogP contribution in [0.5, 0.6) is 0 Å². The molecule has 0 radical (unpaired) electrons. The zero-order valence-electron chi connectivity index (χ0n) is 11.2. The van der Waals surface area contributed by atoms with Crippen molar-refractivity contribution in [2.24, 2.45) is 0 Å². The minimum absolute atomic E-state index is 0.116. The van der Waals surface area contributed by atoms with Gasteiger partial charge < -0.3 is 15.5 Å². The molecule has 1 aromatic rings. The van der Waals surface area contributed by atoms with E-state index in [-0.39, 0.29) is 11.8 Å². The number of nitrogens with zero attached hydrogens (tertiary/aromatic N) is 1. The zero-order chi connectivity index (χ0) is 13.7. The van der Waals surface area contributed by atoms with Gasteiger partial charge in [-0.25, -0.2) is 9.18 Å². The van der Waals surface area contributed by atoms with E-state index in [1.165, 1.54) is 12.1 Å². The van der Waals surface area contributed by atoms with Gasteiger partial charge in [-0.15, -0.1) is 0 Å². The third kappa shape index (κ3) is 3.92. The van der Waals surface area contributed by atoms with E-state index in [9.17, 15) is 9.18 Å². The van der Waals surface area contributed by atoms with Gasteiger partial charge in [0.15, 0.2) is 0 Å². The summed E-state index contributed by atoms with van der Waals surface area (Å²) in [5, 5.41) is 6.16. The van der Waals surface area contributed by atoms with E-state index in [0.29, 0.717) is 11.7 Å². The number of anilines is 1. The fourth-order valence-electron chi connectivity index (χ4n) is 2.35. The quantitative estimate of drug-likeness (QED) is 0.881. The molecule has 0 aromatic heterocycles. The van der Waals surface area contributed by atoms with Crippen molar-refractivity contribution in [3.05, 3.63) is 30.1 Å². The summed E-state index contributed by atoms with van der Waals surface area (Å²) in [4.78, 5) is 13.9. The van der Waals surface area contributed by atoms with E-state index < -0.39 is 0 Å². The highest BCUT2D eigenvalue weighted by atomic mass is 19.1. The van der Waals surface area contributed by atoms with E-state index >= 15 is 0 Å². The smallest absolute Gasteiger partial charge is 0.321 e. The fraction of sp³-hybridized carbons (Fsp3) is 0.500. The summed E-state index contributed by atoms with van der Waals surface area (Å²) in [7, 11) is 0. The molecule has 2 amide bonds. The minimum atomic E-state index is -0.303. The van der Waals surface area contributed by atoms with Crippen LogP contribution in [0.15, 0.2) is 24.3 Å². The van der Waals surface area contributed by atoms with E-state index in [1.54, 1.807) is 17.0 Å². The number of hydrogen-bond donors (Lipinski definition) is 2. The molecular weight excluding hydrogens is 245 g/mol. The molecule has 1 aliphatic rings. The molecule has 1 unspecified atom stereocenters. The molecule has 1 saturated heterocycles. The Morgan fingerprint density at radius 1 is 1.42 bits per heavy atom. The van der Waals surface area contributed by atoms with Crippen LogP contribution in [0.1, 0.15) is 19.8 Å². The lowest BCUT2D eigenvalue weighted by Gasteiger charge is -2.33. The second-order valence-corrected chi connectivity index (χ2v) is 4.78. The number of benzene rings is 1. The second kappa shape index (κ2) is 6.52. The number of carbonyl (C=O) groups excluding carboxylic acids is 1. The summed E-state index contributed by atoms with van der Waals surface area (Å²) in [6.45, 7) is 4.48. The Hall–Kier alpha value is -1.62. The Labute approximate surface area is 113 Å². The first-order chi connectivity index (χ1) is 9.19. The van der Waals surface area contributed by atoms with E-state index in [1.807, 2.05) is 0 Å². The Balaban J connectivity index is 1.90. The minimum Gasteiger partial charge on any atom is -0.323 e. The zero-order valence-corrected chi connectivity index (χ0v) is 11.2. The average Bonchev–Trinajstić information content (AvgIpc) is 2.42.